The van der Waals surface area contributed by atoms with Gasteiger partial charge in [0.2, 0.25) is 5.91 Å². The number of nitrogens with two attached hydrogens (primary N) is 1. The van der Waals surface area contributed by atoms with Crippen molar-refractivity contribution in [3.8, 4) is 5.69 Å². The molecular weight excluding hydrogens is 230 g/mol. The Morgan fingerprint density at radius 1 is 1.50 bits per heavy atom. The normalized spacial score (nSPS) is 12.1. The number of nitrogens with one attached hydrogen (secondary N) is 1. The first-order valence-corrected chi connectivity index (χ1v) is 5.74. The molecule has 6 heteroatoms. The summed E-state index contributed by atoms with van der Waals surface area (Å²) in [5.41, 5.74) is 7.11. The zero-order chi connectivity index (χ0) is 13.0. The van der Waals surface area contributed by atoms with Crippen LogP contribution >= 0.6 is 0 Å². The first kappa shape index (κ1) is 12.3. The predicted molar refractivity (Wildman–Crippen MR) is 68.3 cm³/mol. The van der Waals surface area contributed by atoms with Gasteiger partial charge in [-0.25, -0.2) is 4.68 Å². The smallest absolute Gasteiger partial charge is 0.241 e. The summed E-state index contributed by atoms with van der Waals surface area (Å²) < 4.78 is 1.59. The number of amides is 1. The molecule has 94 valence electrons. The summed E-state index contributed by atoms with van der Waals surface area (Å²) in [7, 11) is 0. The average molecular weight is 245 g/mol. The second-order valence-corrected chi connectivity index (χ2v) is 3.87. The number of benzene rings is 1. The Bertz CT molecular complexity index is 523. The molecule has 1 aromatic carbocycles. The van der Waals surface area contributed by atoms with Gasteiger partial charge in [-0.05, 0) is 18.6 Å². The van der Waals surface area contributed by atoms with E-state index in [0.717, 1.165) is 5.69 Å². The van der Waals surface area contributed by atoms with E-state index < -0.39 is 6.04 Å². The number of carbonyl (C=O) groups excluding carboxylic acids is 1. The van der Waals surface area contributed by atoms with Crippen molar-refractivity contribution in [1.82, 2.24) is 15.0 Å². The van der Waals surface area contributed by atoms with Crippen molar-refractivity contribution in [3.05, 3.63) is 36.7 Å². The molecule has 0 aliphatic rings. The largest absolute Gasteiger partial charge is 0.323 e. The minimum Gasteiger partial charge on any atom is -0.323 e. The second kappa shape index (κ2) is 5.42. The van der Waals surface area contributed by atoms with E-state index in [1.165, 1.54) is 0 Å². The topological polar surface area (TPSA) is 85.8 Å². The number of hydrogen-bond donors (Lipinski definition) is 2. The van der Waals surface area contributed by atoms with Gasteiger partial charge in [-0.15, -0.1) is 5.10 Å². The van der Waals surface area contributed by atoms with Gasteiger partial charge in [-0.2, -0.15) is 0 Å². The maximum Gasteiger partial charge on any atom is 0.241 e. The van der Waals surface area contributed by atoms with Gasteiger partial charge in [0.05, 0.1) is 29.8 Å². The molecule has 1 aromatic heterocycles. The molecule has 0 radical (unpaired) electrons. The summed E-state index contributed by atoms with van der Waals surface area (Å²) in [5.74, 6) is -0.204. The number of nitrogens with zero attached hydrogens (tertiary/aromatic N) is 3. The fraction of sp³-hybridized carbons (Fsp3) is 0.250. The Labute approximate surface area is 105 Å². The monoisotopic (exact) mass is 245 g/mol. The van der Waals surface area contributed by atoms with E-state index in [9.17, 15) is 4.79 Å². The Balaban J connectivity index is 2.26. The average Bonchev–Trinajstić information content (AvgIpc) is 2.92. The molecule has 0 aliphatic carbocycles. The Morgan fingerprint density at radius 3 is 2.94 bits per heavy atom. The standard InChI is InChI=1S/C12H15N5O/c1-2-9(13)12(18)15-10-5-3-4-6-11(10)17-8-7-14-16-17/h3-9H,2,13H2,1H3,(H,15,18). The fourth-order valence-corrected chi connectivity index (χ4v) is 1.53. The number of rotatable bonds is 4. The lowest BCUT2D eigenvalue weighted by Crippen LogP contribution is -2.35. The molecule has 1 amide bonds. The molecule has 1 heterocycles. The highest BCUT2D eigenvalue weighted by Crippen LogP contribution is 2.18. The van der Waals surface area contributed by atoms with Gasteiger partial charge in [0.15, 0.2) is 0 Å². The fourth-order valence-electron chi connectivity index (χ4n) is 1.53. The third kappa shape index (κ3) is 2.54. The van der Waals surface area contributed by atoms with E-state index in [4.69, 9.17) is 5.73 Å². The van der Waals surface area contributed by atoms with Crippen LogP contribution in [0, 0.1) is 0 Å². The third-order valence-corrected chi connectivity index (χ3v) is 2.61. The van der Waals surface area contributed by atoms with Crippen molar-refractivity contribution < 1.29 is 4.79 Å². The molecule has 6 nitrogen and oxygen atoms in total. The minimum atomic E-state index is -0.506. The summed E-state index contributed by atoms with van der Waals surface area (Å²) in [6.45, 7) is 1.87. The molecule has 1 unspecified atom stereocenters. The van der Waals surface area contributed by atoms with Crippen LogP contribution in [0.4, 0.5) is 5.69 Å². The van der Waals surface area contributed by atoms with Crippen LogP contribution in [0.1, 0.15) is 13.3 Å². The van der Waals surface area contributed by atoms with Crippen LogP contribution in [0.2, 0.25) is 0 Å². The van der Waals surface area contributed by atoms with E-state index >= 15 is 0 Å². The van der Waals surface area contributed by atoms with Gasteiger partial charge >= 0.3 is 0 Å². The van der Waals surface area contributed by atoms with Crippen LogP contribution in [0.15, 0.2) is 36.7 Å². The molecule has 0 fully saturated rings. The highest BCUT2D eigenvalue weighted by molar-refractivity contribution is 5.96. The van der Waals surface area contributed by atoms with Crippen LogP contribution in [0.5, 0.6) is 0 Å². The van der Waals surface area contributed by atoms with Crippen LogP contribution in [-0.2, 0) is 4.79 Å². The summed E-state index contributed by atoms with van der Waals surface area (Å²) >= 11 is 0. The molecule has 0 saturated carbocycles. The number of hydrogen-bond acceptors (Lipinski definition) is 4. The molecule has 2 aromatic rings. The SMILES string of the molecule is CCC(N)C(=O)Nc1ccccc1-n1ccnn1. The number of anilines is 1. The molecule has 0 aliphatic heterocycles. The van der Waals surface area contributed by atoms with E-state index in [2.05, 4.69) is 15.6 Å². The molecule has 1 atom stereocenters. The van der Waals surface area contributed by atoms with Gasteiger partial charge in [0, 0.05) is 0 Å². The maximum absolute atomic E-state index is 11.8. The van der Waals surface area contributed by atoms with Crippen LogP contribution < -0.4 is 11.1 Å². The molecule has 0 bridgehead atoms. The van der Waals surface area contributed by atoms with Crippen molar-refractivity contribution in [2.45, 2.75) is 19.4 Å². The molecule has 18 heavy (non-hydrogen) atoms. The first-order chi connectivity index (χ1) is 8.72. The van der Waals surface area contributed by atoms with Crippen LogP contribution in [-0.4, -0.2) is 26.9 Å². The minimum absolute atomic E-state index is 0.204. The second-order valence-electron chi connectivity index (χ2n) is 3.87. The molecular formula is C12H15N5O. The van der Waals surface area contributed by atoms with E-state index in [1.54, 1.807) is 23.1 Å². The molecule has 0 saturated heterocycles. The van der Waals surface area contributed by atoms with Crippen molar-refractivity contribution in [3.63, 3.8) is 0 Å². The molecule has 0 spiro atoms. The van der Waals surface area contributed by atoms with Gasteiger partial charge < -0.3 is 11.1 Å². The number of carbonyl (C=O) groups is 1. The van der Waals surface area contributed by atoms with Gasteiger partial charge in [0.25, 0.3) is 0 Å². The van der Waals surface area contributed by atoms with Crippen molar-refractivity contribution >= 4 is 11.6 Å². The summed E-state index contributed by atoms with van der Waals surface area (Å²) in [4.78, 5) is 11.8. The summed E-state index contributed by atoms with van der Waals surface area (Å²) in [5, 5.41) is 10.4. The molecule has 2 rings (SSSR count). The van der Waals surface area contributed by atoms with Gasteiger partial charge in [-0.1, -0.05) is 24.3 Å². The lowest BCUT2D eigenvalue weighted by molar-refractivity contribution is -0.117. The maximum atomic E-state index is 11.8. The van der Waals surface area contributed by atoms with E-state index in [0.29, 0.717) is 12.1 Å². The van der Waals surface area contributed by atoms with E-state index in [-0.39, 0.29) is 5.91 Å². The van der Waals surface area contributed by atoms with Crippen molar-refractivity contribution in [2.24, 2.45) is 5.73 Å². The van der Waals surface area contributed by atoms with Gasteiger partial charge in [0.1, 0.15) is 0 Å². The summed E-state index contributed by atoms with van der Waals surface area (Å²) in [6, 6.07) is 6.85. The zero-order valence-corrected chi connectivity index (χ0v) is 10.1. The zero-order valence-electron chi connectivity index (χ0n) is 10.1. The lowest BCUT2D eigenvalue weighted by Gasteiger charge is -2.13. The predicted octanol–water partition coefficient (Wildman–Crippen LogP) is 0.943. The Hall–Kier alpha value is -2.21. The summed E-state index contributed by atoms with van der Waals surface area (Å²) in [6.07, 6.45) is 3.89. The number of aromatic nitrogens is 3. The highest BCUT2D eigenvalue weighted by atomic mass is 16.2. The van der Waals surface area contributed by atoms with Crippen LogP contribution in [0.3, 0.4) is 0 Å². The lowest BCUT2D eigenvalue weighted by atomic mass is 10.2. The van der Waals surface area contributed by atoms with Crippen molar-refractivity contribution in [2.75, 3.05) is 5.32 Å². The third-order valence-electron chi connectivity index (χ3n) is 2.61. The van der Waals surface area contributed by atoms with E-state index in [1.807, 2.05) is 25.1 Å². The quantitative estimate of drug-likeness (QED) is 0.839. The molecule has 3 N–H and O–H groups in total. The van der Waals surface area contributed by atoms with Crippen molar-refractivity contribution in [1.29, 1.82) is 0 Å². The highest BCUT2D eigenvalue weighted by Gasteiger charge is 2.13. The number of para-hydroxylation sites is 2. The van der Waals surface area contributed by atoms with Crippen LogP contribution in [0.25, 0.3) is 5.69 Å². The Kier molecular flexibility index (Phi) is 3.69. The first-order valence-electron chi connectivity index (χ1n) is 5.74. The van der Waals surface area contributed by atoms with Gasteiger partial charge in [-0.3, -0.25) is 4.79 Å². The Morgan fingerprint density at radius 2 is 2.28 bits per heavy atom.